The lowest BCUT2D eigenvalue weighted by molar-refractivity contribution is -0.499. The Morgan fingerprint density at radius 1 is 0.483 bits per heavy atom. The normalized spacial score (nSPS) is 18.6. The fourth-order valence-electron chi connectivity index (χ4n) is 2.10. The zero-order chi connectivity index (χ0) is 24.5. The van der Waals surface area contributed by atoms with Gasteiger partial charge in [-0.25, -0.2) is 4.39 Å². The average molecular weight is 500 g/mol. The molecule has 0 aromatic rings. The van der Waals surface area contributed by atoms with Gasteiger partial charge >= 0.3 is 51.7 Å². The molecule has 0 aromatic carbocycles. The second-order valence-corrected chi connectivity index (χ2v) is 6.43. The van der Waals surface area contributed by atoms with E-state index in [4.69, 9.17) is 4.55 Å². The molecular formula is C8HF17O3S. The van der Waals surface area contributed by atoms with Crippen LogP contribution >= 0.6 is 0 Å². The van der Waals surface area contributed by atoms with Crippen LogP contribution in [0.15, 0.2) is 0 Å². The highest BCUT2D eigenvalue weighted by atomic mass is 32.2. The zero-order valence-electron chi connectivity index (χ0n) is 12.1. The summed E-state index contributed by atoms with van der Waals surface area (Å²) in [6.45, 7) is 0. The van der Waals surface area contributed by atoms with Crippen molar-refractivity contribution in [1.29, 1.82) is 0 Å². The molecule has 0 aromatic heterocycles. The van der Waals surface area contributed by atoms with Crippen molar-refractivity contribution in [3.05, 3.63) is 0 Å². The zero-order valence-corrected chi connectivity index (χ0v) is 12.9. The molecule has 0 rings (SSSR count). The topological polar surface area (TPSA) is 54.4 Å². The first-order valence-corrected chi connectivity index (χ1v) is 7.12. The van der Waals surface area contributed by atoms with Crippen molar-refractivity contribution in [2.45, 2.75) is 41.6 Å². The van der Waals surface area contributed by atoms with E-state index in [0.29, 0.717) is 0 Å². The summed E-state index contributed by atoms with van der Waals surface area (Å²) in [5, 5.41) is -8.71. The van der Waals surface area contributed by atoms with Gasteiger partial charge in [-0.15, -0.1) is 0 Å². The summed E-state index contributed by atoms with van der Waals surface area (Å²) in [4.78, 5) is 0. The van der Waals surface area contributed by atoms with E-state index in [1.165, 1.54) is 0 Å². The van der Waals surface area contributed by atoms with Crippen molar-refractivity contribution < 1.29 is 87.6 Å². The molecule has 0 bridgehead atoms. The molecule has 0 fully saturated rings. The molecule has 0 heterocycles. The van der Waals surface area contributed by atoms with Crippen LogP contribution in [0.1, 0.15) is 0 Å². The Bertz CT molecular complexity index is 708. The summed E-state index contributed by atoms with van der Waals surface area (Å²) in [5.41, 5.74) is -18.9. The highest BCUT2D eigenvalue weighted by molar-refractivity contribution is 7.86. The van der Waals surface area contributed by atoms with E-state index in [9.17, 15) is 83.1 Å². The molecule has 0 aliphatic carbocycles. The van der Waals surface area contributed by atoms with E-state index in [2.05, 4.69) is 0 Å². The minimum Gasteiger partial charge on any atom is -0.281 e. The van der Waals surface area contributed by atoms with Crippen molar-refractivity contribution in [1.82, 2.24) is 0 Å². The third-order valence-corrected chi connectivity index (χ3v) is 4.26. The van der Waals surface area contributed by atoms with Crippen LogP contribution in [-0.2, 0) is 10.1 Å². The van der Waals surface area contributed by atoms with Gasteiger partial charge in [0.25, 0.3) is 5.41 Å². The van der Waals surface area contributed by atoms with Gasteiger partial charge < -0.3 is 0 Å². The summed E-state index contributed by atoms with van der Waals surface area (Å²) in [6.07, 6.45) is -35.0. The summed E-state index contributed by atoms with van der Waals surface area (Å²) in [7, 11) is -8.59. The Morgan fingerprint density at radius 2 is 0.759 bits per heavy atom. The molecule has 0 amide bonds. The highest BCUT2D eigenvalue weighted by Gasteiger charge is 3.05. The van der Waals surface area contributed by atoms with Crippen LogP contribution < -0.4 is 0 Å². The fourth-order valence-corrected chi connectivity index (χ4v) is 2.86. The molecule has 21 heteroatoms. The maximum Gasteiger partial charge on any atom is 0.457 e. The predicted octanol–water partition coefficient (Wildman–Crippen LogP) is 5.05. The second kappa shape index (κ2) is 6.36. The first-order chi connectivity index (χ1) is 12.0. The molecule has 0 saturated heterocycles. The molecule has 1 atom stereocenters. The summed E-state index contributed by atoms with van der Waals surface area (Å²) < 4.78 is 247. The lowest BCUT2D eigenvalue weighted by Crippen LogP contribution is -2.82. The van der Waals surface area contributed by atoms with Crippen LogP contribution in [0.5, 0.6) is 0 Å². The van der Waals surface area contributed by atoms with Gasteiger partial charge in [0.15, 0.2) is 0 Å². The quantitative estimate of drug-likeness (QED) is 0.435. The molecule has 0 aliphatic rings. The van der Waals surface area contributed by atoms with Crippen molar-refractivity contribution in [2.75, 3.05) is 0 Å². The van der Waals surface area contributed by atoms with Gasteiger partial charge in [-0.2, -0.15) is 78.7 Å². The Labute approximate surface area is 146 Å². The van der Waals surface area contributed by atoms with Crippen molar-refractivity contribution in [3.8, 4) is 0 Å². The third kappa shape index (κ3) is 3.26. The molecular weight excluding hydrogens is 499 g/mol. The monoisotopic (exact) mass is 500 g/mol. The van der Waals surface area contributed by atoms with Gasteiger partial charge in [0.2, 0.25) is 0 Å². The van der Waals surface area contributed by atoms with E-state index in [1.807, 2.05) is 0 Å². The van der Waals surface area contributed by atoms with Gasteiger partial charge in [0.1, 0.15) is 0 Å². The predicted molar refractivity (Wildman–Crippen MR) is 51.9 cm³/mol. The smallest absolute Gasteiger partial charge is 0.281 e. The molecule has 3 nitrogen and oxygen atoms in total. The van der Waals surface area contributed by atoms with E-state index in [1.54, 1.807) is 0 Å². The van der Waals surface area contributed by atoms with Crippen LogP contribution in [0.25, 0.3) is 0 Å². The summed E-state index contributed by atoms with van der Waals surface area (Å²) in [6, 6.07) is 0. The highest BCUT2D eigenvalue weighted by Crippen LogP contribution is 2.74. The van der Waals surface area contributed by atoms with Gasteiger partial charge in [-0.3, -0.25) is 4.55 Å². The number of alkyl halides is 17. The van der Waals surface area contributed by atoms with Gasteiger partial charge in [-0.1, -0.05) is 0 Å². The Kier molecular flexibility index (Phi) is 6.08. The fraction of sp³-hybridized carbons (Fsp3) is 1.00. The molecule has 1 N–H and O–H groups in total. The maximum atomic E-state index is 14.0. The van der Waals surface area contributed by atoms with Crippen LogP contribution in [0, 0.1) is 5.41 Å². The van der Waals surface area contributed by atoms with Crippen LogP contribution in [0.3, 0.4) is 0 Å². The molecule has 0 radical (unpaired) electrons. The number of halogens is 17. The summed E-state index contributed by atoms with van der Waals surface area (Å²) in [5.74, 6) is -8.99. The van der Waals surface area contributed by atoms with E-state index in [-0.39, 0.29) is 0 Å². The third-order valence-electron chi connectivity index (χ3n) is 3.31. The SMILES string of the molecule is O=S(=O)(O)C(F)(F)C(C(F)(F)F)(C(F)(F)F)C(F)(C(F)(F)F)C(F)(F)C(F)(F)F. The standard InChI is InChI=1S/C8HF17O3S/c9-2(6(18,19)20,3(10,11)7(21,22)23)1(4(12,13)14,5(15,16)17)8(24,25)29(26,27)28/h(H,26,27,28). The van der Waals surface area contributed by atoms with Crippen LogP contribution in [0.2, 0.25) is 0 Å². The number of hydrogen-bond donors (Lipinski definition) is 1. The Morgan fingerprint density at radius 3 is 0.897 bits per heavy atom. The minimum absolute atomic E-state index is 7.87. The van der Waals surface area contributed by atoms with Crippen LogP contribution in [-0.4, -0.2) is 54.5 Å². The lowest BCUT2D eigenvalue weighted by atomic mass is 9.67. The second-order valence-electron chi connectivity index (χ2n) is 4.97. The van der Waals surface area contributed by atoms with Gasteiger partial charge in [0, 0.05) is 0 Å². The largest absolute Gasteiger partial charge is 0.457 e. The van der Waals surface area contributed by atoms with E-state index in [0.717, 1.165) is 0 Å². The van der Waals surface area contributed by atoms with Crippen molar-refractivity contribution in [2.24, 2.45) is 5.41 Å². The Hall–Kier alpha value is -1.28. The van der Waals surface area contributed by atoms with Gasteiger partial charge in [-0.05, 0) is 0 Å². The first-order valence-electron chi connectivity index (χ1n) is 5.68. The van der Waals surface area contributed by atoms with Crippen LogP contribution in [0.4, 0.5) is 74.6 Å². The molecule has 176 valence electrons. The minimum atomic E-state index is -9.46. The molecule has 29 heavy (non-hydrogen) atoms. The molecule has 1 unspecified atom stereocenters. The first kappa shape index (κ1) is 27.7. The van der Waals surface area contributed by atoms with Gasteiger partial charge in [0.05, 0.1) is 0 Å². The molecule has 0 spiro atoms. The average Bonchev–Trinajstić information content (AvgIpc) is 2.30. The van der Waals surface area contributed by atoms with E-state index < -0.39 is 57.1 Å². The lowest BCUT2D eigenvalue weighted by Gasteiger charge is -2.51. The van der Waals surface area contributed by atoms with Crippen molar-refractivity contribution in [3.63, 3.8) is 0 Å². The number of hydrogen-bond acceptors (Lipinski definition) is 2. The summed E-state index contributed by atoms with van der Waals surface area (Å²) >= 11 is 0. The molecule has 0 saturated carbocycles. The molecule has 0 aliphatic heterocycles. The maximum absolute atomic E-state index is 14.0. The van der Waals surface area contributed by atoms with E-state index >= 15 is 0 Å². The number of rotatable bonds is 4. The van der Waals surface area contributed by atoms with Crippen molar-refractivity contribution >= 4 is 10.1 Å². The Balaban J connectivity index is 8.37.